The molecule has 0 aliphatic heterocycles. The lowest BCUT2D eigenvalue weighted by Gasteiger charge is -2.11. The van der Waals surface area contributed by atoms with Crippen LogP contribution in [0.4, 0.5) is 0 Å². The van der Waals surface area contributed by atoms with E-state index in [-0.39, 0.29) is 6.04 Å². The zero-order valence-corrected chi connectivity index (χ0v) is 9.22. The average Bonchev–Trinajstić information content (AvgIpc) is 2.34. The summed E-state index contributed by atoms with van der Waals surface area (Å²) < 4.78 is 0. The molecule has 0 saturated heterocycles. The Hall–Kier alpha value is -1.96. The minimum atomic E-state index is -0.179. The topological polar surface area (TPSA) is 36.2 Å². The van der Waals surface area contributed by atoms with E-state index in [0.29, 0.717) is 0 Å². The summed E-state index contributed by atoms with van der Waals surface area (Å²) in [6, 6.07) is 17.9. The number of benzene rings is 2. The van der Waals surface area contributed by atoms with Crippen LogP contribution < -0.4 is 0 Å². The third-order valence-electron chi connectivity index (χ3n) is 2.64. The minimum absolute atomic E-state index is 0.179. The summed E-state index contributed by atoms with van der Waals surface area (Å²) in [6.07, 6.45) is 0. The summed E-state index contributed by atoms with van der Waals surface area (Å²) >= 11 is 0. The van der Waals surface area contributed by atoms with Crippen molar-refractivity contribution in [2.45, 2.75) is 13.0 Å². The van der Waals surface area contributed by atoms with Gasteiger partial charge in [-0.3, -0.25) is 0 Å². The highest BCUT2D eigenvalue weighted by molar-refractivity contribution is 5.33. The van der Waals surface area contributed by atoms with Gasteiger partial charge in [0, 0.05) is 0 Å². The molecule has 0 amide bonds. The van der Waals surface area contributed by atoms with Gasteiger partial charge in [0.05, 0.1) is 0 Å². The van der Waals surface area contributed by atoms with E-state index in [9.17, 15) is 0 Å². The van der Waals surface area contributed by atoms with Crippen molar-refractivity contribution in [3.8, 4) is 0 Å². The molecule has 0 spiro atoms. The summed E-state index contributed by atoms with van der Waals surface area (Å²) in [6.45, 7) is 2.05. The first-order valence-corrected chi connectivity index (χ1v) is 5.29. The van der Waals surface area contributed by atoms with Crippen molar-refractivity contribution in [1.82, 2.24) is 0 Å². The first-order valence-electron chi connectivity index (χ1n) is 5.29. The predicted octanol–water partition coefficient (Wildman–Crippen LogP) is 4.12. The van der Waals surface area contributed by atoms with Crippen molar-refractivity contribution < 1.29 is 0 Å². The highest BCUT2D eigenvalue weighted by atomic mass is 15.0. The van der Waals surface area contributed by atoms with Crippen LogP contribution in [-0.2, 0) is 0 Å². The summed E-state index contributed by atoms with van der Waals surface area (Å²) in [7, 11) is 0. The lowest BCUT2D eigenvalue weighted by Crippen LogP contribution is -1.96. The summed E-state index contributed by atoms with van der Waals surface area (Å²) in [5, 5.41) is 3.71. The third-order valence-corrected chi connectivity index (χ3v) is 2.64. The van der Waals surface area contributed by atoms with Crippen LogP contribution in [0, 0.1) is 12.5 Å². The number of hydrogen-bond acceptors (Lipinski definition) is 2. The number of nitrogens with one attached hydrogen (secondary N) is 1. The molecule has 2 aromatic carbocycles. The normalized spacial score (nSPS) is 12.1. The highest BCUT2D eigenvalue weighted by Crippen LogP contribution is 2.25. The summed E-state index contributed by atoms with van der Waals surface area (Å²) in [5.74, 6) is 0. The van der Waals surface area contributed by atoms with E-state index in [0.717, 1.165) is 11.1 Å². The maximum Gasteiger partial charge on any atom is 0.121 e. The molecule has 80 valence electrons. The van der Waals surface area contributed by atoms with Crippen molar-refractivity contribution in [2.75, 3.05) is 0 Å². The van der Waals surface area contributed by atoms with E-state index in [4.69, 9.17) is 5.53 Å². The van der Waals surface area contributed by atoms with Crippen LogP contribution in [0.2, 0.25) is 0 Å². The number of hydrogen-bond donors (Lipinski definition) is 1. The Bertz CT molecular complexity index is 460. The van der Waals surface area contributed by atoms with Crippen LogP contribution in [0.3, 0.4) is 0 Å². The highest BCUT2D eigenvalue weighted by Gasteiger charge is 2.11. The lowest BCUT2D eigenvalue weighted by molar-refractivity contribution is 0.775. The predicted molar refractivity (Wildman–Crippen MR) is 64.6 cm³/mol. The molecule has 0 heterocycles. The van der Waals surface area contributed by atoms with E-state index < -0.39 is 0 Å². The van der Waals surface area contributed by atoms with Crippen LogP contribution in [0.5, 0.6) is 0 Å². The Balaban J connectivity index is 2.37. The van der Waals surface area contributed by atoms with Gasteiger partial charge >= 0.3 is 0 Å². The maximum atomic E-state index is 7.31. The van der Waals surface area contributed by atoms with Crippen LogP contribution in [0.25, 0.3) is 0 Å². The number of aryl methyl sites for hydroxylation is 1. The zero-order valence-electron chi connectivity index (χ0n) is 9.22. The van der Waals surface area contributed by atoms with E-state index in [1.807, 2.05) is 42.5 Å². The maximum absolute atomic E-state index is 7.31. The fourth-order valence-electron chi connectivity index (χ4n) is 1.73. The van der Waals surface area contributed by atoms with E-state index in [1.54, 1.807) is 0 Å². The quantitative estimate of drug-likeness (QED) is 0.740. The van der Waals surface area contributed by atoms with Gasteiger partial charge in [-0.15, -0.1) is 0 Å². The van der Waals surface area contributed by atoms with Gasteiger partial charge in [-0.25, -0.2) is 5.53 Å². The van der Waals surface area contributed by atoms with Crippen molar-refractivity contribution in [3.05, 3.63) is 71.3 Å². The molecule has 2 nitrogen and oxygen atoms in total. The monoisotopic (exact) mass is 210 g/mol. The summed E-state index contributed by atoms with van der Waals surface area (Å²) in [5.41, 5.74) is 10.7. The molecule has 0 aliphatic rings. The molecule has 2 rings (SSSR count). The van der Waals surface area contributed by atoms with Crippen molar-refractivity contribution >= 4 is 0 Å². The second-order valence-electron chi connectivity index (χ2n) is 3.85. The molecule has 0 saturated carbocycles. The lowest BCUT2D eigenvalue weighted by atomic mass is 9.99. The third kappa shape index (κ3) is 2.16. The Kier molecular flexibility index (Phi) is 3.10. The Morgan fingerprint density at radius 1 is 0.875 bits per heavy atom. The SMILES string of the molecule is Cc1ccc(C(N=N)c2ccccc2)cc1. The fraction of sp³-hybridized carbons (Fsp3) is 0.143. The Morgan fingerprint density at radius 2 is 1.44 bits per heavy atom. The van der Waals surface area contributed by atoms with Gasteiger partial charge in [-0.1, -0.05) is 60.2 Å². The second kappa shape index (κ2) is 4.71. The fourth-order valence-corrected chi connectivity index (χ4v) is 1.73. The molecule has 1 atom stereocenters. The molecule has 0 aromatic heterocycles. The van der Waals surface area contributed by atoms with Crippen LogP contribution in [0.15, 0.2) is 59.7 Å². The molecular weight excluding hydrogens is 196 g/mol. The zero-order chi connectivity index (χ0) is 11.4. The molecule has 0 aliphatic carbocycles. The van der Waals surface area contributed by atoms with E-state index in [2.05, 4.69) is 24.2 Å². The molecular formula is C14H14N2. The Morgan fingerprint density at radius 3 is 2.00 bits per heavy atom. The van der Waals surface area contributed by atoms with Crippen molar-refractivity contribution in [1.29, 1.82) is 5.53 Å². The minimum Gasteiger partial charge on any atom is -0.209 e. The van der Waals surface area contributed by atoms with Gasteiger partial charge in [0.1, 0.15) is 6.04 Å². The average molecular weight is 210 g/mol. The van der Waals surface area contributed by atoms with Gasteiger partial charge < -0.3 is 0 Å². The van der Waals surface area contributed by atoms with Gasteiger partial charge in [0.25, 0.3) is 0 Å². The molecule has 2 heteroatoms. The molecule has 0 fully saturated rings. The van der Waals surface area contributed by atoms with Crippen LogP contribution >= 0.6 is 0 Å². The van der Waals surface area contributed by atoms with Gasteiger partial charge in [-0.2, -0.15) is 5.11 Å². The molecule has 16 heavy (non-hydrogen) atoms. The molecule has 0 bridgehead atoms. The first kappa shape index (κ1) is 10.6. The molecule has 1 unspecified atom stereocenters. The summed E-state index contributed by atoms with van der Waals surface area (Å²) in [4.78, 5) is 0. The standard InChI is InChI=1S/C14H14N2/c1-11-7-9-13(10-8-11)14(16-15)12-5-3-2-4-6-12/h2-10,14-15H,1H3. The van der Waals surface area contributed by atoms with Gasteiger partial charge in [0.2, 0.25) is 0 Å². The number of rotatable bonds is 3. The van der Waals surface area contributed by atoms with Crippen LogP contribution in [-0.4, -0.2) is 0 Å². The number of nitrogens with zero attached hydrogens (tertiary/aromatic N) is 1. The van der Waals surface area contributed by atoms with E-state index in [1.165, 1.54) is 5.56 Å². The smallest absolute Gasteiger partial charge is 0.121 e. The van der Waals surface area contributed by atoms with Crippen LogP contribution in [0.1, 0.15) is 22.7 Å². The van der Waals surface area contributed by atoms with E-state index >= 15 is 0 Å². The largest absolute Gasteiger partial charge is 0.209 e. The molecule has 0 radical (unpaired) electrons. The van der Waals surface area contributed by atoms with Gasteiger partial charge in [-0.05, 0) is 18.1 Å². The van der Waals surface area contributed by atoms with Crippen molar-refractivity contribution in [2.24, 2.45) is 5.11 Å². The van der Waals surface area contributed by atoms with Crippen molar-refractivity contribution in [3.63, 3.8) is 0 Å². The molecule has 2 aromatic rings. The Labute approximate surface area is 95.5 Å². The van der Waals surface area contributed by atoms with Gasteiger partial charge in [0.15, 0.2) is 0 Å². The second-order valence-corrected chi connectivity index (χ2v) is 3.85. The molecule has 1 N–H and O–H groups in total. The first-order chi connectivity index (χ1) is 7.81.